The Morgan fingerprint density at radius 3 is 3.00 bits per heavy atom. The van der Waals surface area contributed by atoms with Gasteiger partial charge in [0.05, 0.1) is 13.2 Å². The van der Waals surface area contributed by atoms with Gasteiger partial charge in [0.15, 0.2) is 0 Å². The van der Waals surface area contributed by atoms with Crippen LogP contribution in [0.2, 0.25) is 0 Å². The highest BCUT2D eigenvalue weighted by Crippen LogP contribution is 2.32. The van der Waals surface area contributed by atoms with Crippen molar-refractivity contribution in [1.82, 2.24) is 5.32 Å². The highest BCUT2D eigenvalue weighted by molar-refractivity contribution is 7.12. The van der Waals surface area contributed by atoms with Gasteiger partial charge in [-0.1, -0.05) is 0 Å². The highest BCUT2D eigenvalue weighted by Gasteiger charge is 2.16. The maximum atomic E-state index is 8.60. The van der Waals surface area contributed by atoms with Crippen molar-refractivity contribution in [3.63, 3.8) is 0 Å². The highest BCUT2D eigenvalue weighted by atomic mass is 32.1. The first-order chi connectivity index (χ1) is 9.31. The van der Waals surface area contributed by atoms with E-state index < -0.39 is 0 Å². The second-order valence-electron chi connectivity index (χ2n) is 5.17. The van der Waals surface area contributed by atoms with E-state index in [1.165, 1.54) is 30.6 Å². The minimum atomic E-state index is 0.116. The molecule has 0 amide bonds. The number of hydrogen-bond donors (Lipinski definition) is 2. The zero-order valence-electron chi connectivity index (χ0n) is 11.8. The monoisotopic (exact) mass is 283 g/mol. The molecule has 1 heterocycles. The Balaban J connectivity index is 1.70. The molecule has 0 aliphatic heterocycles. The lowest BCUT2D eigenvalue weighted by molar-refractivity contribution is 0.0905. The van der Waals surface area contributed by atoms with Crippen LogP contribution in [0, 0.1) is 0 Å². The molecule has 0 spiro atoms. The molecule has 2 rings (SSSR count). The zero-order valence-corrected chi connectivity index (χ0v) is 12.6. The lowest BCUT2D eigenvalue weighted by atomic mass is 9.99. The second-order valence-corrected chi connectivity index (χ2v) is 6.34. The molecule has 1 aromatic heterocycles. The fraction of sp³-hybridized carbons (Fsp3) is 0.733. The molecule has 1 aromatic rings. The van der Waals surface area contributed by atoms with Crippen molar-refractivity contribution in [2.45, 2.75) is 45.1 Å². The summed E-state index contributed by atoms with van der Waals surface area (Å²) < 4.78 is 5.25. The summed E-state index contributed by atoms with van der Waals surface area (Å²) in [5.41, 5.74) is 1.59. The normalized spacial score (nSPS) is 16.3. The van der Waals surface area contributed by atoms with E-state index in [0.29, 0.717) is 12.6 Å². The van der Waals surface area contributed by atoms with Gasteiger partial charge in [0.25, 0.3) is 0 Å². The lowest BCUT2D eigenvalue weighted by Crippen LogP contribution is -2.20. The summed E-state index contributed by atoms with van der Waals surface area (Å²) in [5, 5.41) is 12.2. The van der Waals surface area contributed by atoms with Crippen molar-refractivity contribution < 1.29 is 9.84 Å². The molecule has 0 fully saturated rings. The Bertz CT molecular complexity index is 355. The molecule has 1 aliphatic rings. The van der Waals surface area contributed by atoms with Crippen LogP contribution in [-0.4, -0.2) is 31.5 Å². The Kier molecular flexibility index (Phi) is 6.31. The van der Waals surface area contributed by atoms with Gasteiger partial charge in [-0.15, -0.1) is 11.3 Å². The van der Waals surface area contributed by atoms with Crippen LogP contribution < -0.4 is 5.32 Å². The molecule has 0 radical (unpaired) electrons. The topological polar surface area (TPSA) is 41.5 Å². The average Bonchev–Trinajstić information content (AvgIpc) is 2.86. The van der Waals surface area contributed by atoms with E-state index in [-0.39, 0.29) is 6.61 Å². The first kappa shape index (κ1) is 15.0. The van der Waals surface area contributed by atoms with Crippen LogP contribution in [0.3, 0.4) is 0 Å². The number of thiophene rings is 1. The molecule has 0 aromatic carbocycles. The number of rotatable bonds is 8. The van der Waals surface area contributed by atoms with E-state index in [1.54, 1.807) is 10.4 Å². The third-order valence-corrected chi connectivity index (χ3v) is 5.01. The number of ether oxygens (including phenoxy) is 1. The van der Waals surface area contributed by atoms with E-state index in [2.05, 4.69) is 18.3 Å². The molecular weight excluding hydrogens is 258 g/mol. The smallest absolute Gasteiger partial charge is 0.0697 e. The molecule has 0 saturated carbocycles. The van der Waals surface area contributed by atoms with Crippen LogP contribution in [0.5, 0.6) is 0 Å². The van der Waals surface area contributed by atoms with Crippen molar-refractivity contribution in [3.05, 3.63) is 21.4 Å². The summed E-state index contributed by atoms with van der Waals surface area (Å²) in [6.07, 6.45) is 6.26. The van der Waals surface area contributed by atoms with Gasteiger partial charge < -0.3 is 15.2 Å². The number of aliphatic hydroxyl groups excluding tert-OH is 1. The summed E-state index contributed by atoms with van der Waals surface area (Å²) >= 11 is 1.99. The SMILES string of the molecule is CC(NCCCOCCO)c1cc2c(s1)CCCC2. The molecule has 108 valence electrons. The first-order valence-corrected chi connectivity index (χ1v) is 8.16. The quantitative estimate of drug-likeness (QED) is 0.721. The third-order valence-electron chi connectivity index (χ3n) is 3.59. The number of aryl methyl sites for hydroxylation is 2. The zero-order chi connectivity index (χ0) is 13.5. The molecular formula is C15H25NO2S. The van der Waals surface area contributed by atoms with E-state index >= 15 is 0 Å². The first-order valence-electron chi connectivity index (χ1n) is 7.34. The van der Waals surface area contributed by atoms with Gasteiger partial charge in [0.2, 0.25) is 0 Å². The van der Waals surface area contributed by atoms with Gasteiger partial charge in [0, 0.05) is 22.4 Å². The largest absolute Gasteiger partial charge is 0.394 e. The molecule has 2 N–H and O–H groups in total. The van der Waals surface area contributed by atoms with Gasteiger partial charge in [-0.05, 0) is 57.2 Å². The summed E-state index contributed by atoms with van der Waals surface area (Å²) in [7, 11) is 0. The Morgan fingerprint density at radius 2 is 2.21 bits per heavy atom. The predicted octanol–water partition coefficient (Wildman–Crippen LogP) is 2.68. The summed E-state index contributed by atoms with van der Waals surface area (Å²) in [5.74, 6) is 0. The fourth-order valence-electron chi connectivity index (χ4n) is 2.49. The van der Waals surface area contributed by atoms with E-state index in [4.69, 9.17) is 9.84 Å². The van der Waals surface area contributed by atoms with Gasteiger partial charge in [0.1, 0.15) is 0 Å². The minimum absolute atomic E-state index is 0.116. The standard InChI is InChI=1S/C15H25NO2S/c1-12(16-7-4-9-18-10-8-17)15-11-13-5-2-3-6-14(13)19-15/h11-12,16-17H,2-10H2,1H3. The fourth-order valence-corrected chi connectivity index (χ4v) is 3.77. The lowest BCUT2D eigenvalue weighted by Gasteiger charge is -2.11. The summed E-state index contributed by atoms with van der Waals surface area (Å²) in [4.78, 5) is 3.09. The predicted molar refractivity (Wildman–Crippen MR) is 79.9 cm³/mol. The van der Waals surface area contributed by atoms with Crippen molar-refractivity contribution in [1.29, 1.82) is 0 Å². The number of fused-ring (bicyclic) bond motifs is 1. The Morgan fingerprint density at radius 1 is 1.37 bits per heavy atom. The average molecular weight is 283 g/mol. The molecule has 3 nitrogen and oxygen atoms in total. The van der Waals surface area contributed by atoms with Crippen molar-refractivity contribution in [2.24, 2.45) is 0 Å². The molecule has 1 unspecified atom stereocenters. The number of hydrogen-bond acceptors (Lipinski definition) is 4. The van der Waals surface area contributed by atoms with E-state index in [1.807, 2.05) is 11.3 Å². The summed E-state index contributed by atoms with van der Waals surface area (Å²) in [6, 6.07) is 2.84. The maximum Gasteiger partial charge on any atom is 0.0697 e. The number of aliphatic hydroxyl groups is 1. The van der Waals surface area contributed by atoms with Crippen LogP contribution in [0.4, 0.5) is 0 Å². The minimum Gasteiger partial charge on any atom is -0.394 e. The van der Waals surface area contributed by atoms with Crippen LogP contribution in [0.25, 0.3) is 0 Å². The van der Waals surface area contributed by atoms with Crippen molar-refractivity contribution in [2.75, 3.05) is 26.4 Å². The molecule has 4 heteroatoms. The van der Waals surface area contributed by atoms with Crippen LogP contribution in [-0.2, 0) is 17.6 Å². The second kappa shape index (κ2) is 8.00. The Labute approximate surface area is 120 Å². The van der Waals surface area contributed by atoms with Gasteiger partial charge in [-0.2, -0.15) is 0 Å². The van der Waals surface area contributed by atoms with Crippen LogP contribution in [0.1, 0.15) is 47.5 Å². The molecule has 1 atom stereocenters. The van der Waals surface area contributed by atoms with Gasteiger partial charge >= 0.3 is 0 Å². The van der Waals surface area contributed by atoms with Crippen LogP contribution >= 0.6 is 11.3 Å². The summed E-state index contributed by atoms with van der Waals surface area (Å²) in [6.45, 7) is 4.50. The molecule has 19 heavy (non-hydrogen) atoms. The maximum absolute atomic E-state index is 8.60. The molecule has 1 aliphatic carbocycles. The van der Waals surface area contributed by atoms with Crippen LogP contribution in [0.15, 0.2) is 6.07 Å². The third kappa shape index (κ3) is 4.56. The number of nitrogens with one attached hydrogen (secondary N) is 1. The van der Waals surface area contributed by atoms with E-state index in [9.17, 15) is 0 Å². The van der Waals surface area contributed by atoms with Gasteiger partial charge in [-0.3, -0.25) is 0 Å². The van der Waals surface area contributed by atoms with Crippen molar-refractivity contribution >= 4 is 11.3 Å². The van der Waals surface area contributed by atoms with E-state index in [0.717, 1.165) is 19.6 Å². The van der Waals surface area contributed by atoms with Crippen molar-refractivity contribution in [3.8, 4) is 0 Å². The van der Waals surface area contributed by atoms with Gasteiger partial charge in [-0.25, -0.2) is 0 Å². The molecule has 0 bridgehead atoms. The molecule has 0 saturated heterocycles. The Hall–Kier alpha value is -0.420.